The first-order valence-electron chi connectivity index (χ1n) is 3.93. The van der Waals surface area contributed by atoms with Crippen LogP contribution in [0.3, 0.4) is 0 Å². The van der Waals surface area contributed by atoms with E-state index in [0.29, 0.717) is 6.42 Å². The molecule has 0 bridgehead atoms. The normalized spacial score (nSPS) is 10.5. The Balaban J connectivity index is 2.54. The molecule has 0 unspecified atom stereocenters. The monoisotopic (exact) mass is 175 g/mol. The topological polar surface area (TPSA) is 61.8 Å². The number of aromatic nitrogens is 3. The fourth-order valence-corrected chi connectivity index (χ4v) is 1.29. The lowest BCUT2D eigenvalue weighted by molar-refractivity contribution is 0.402. The molecular weight excluding hydrogens is 166 g/mol. The van der Waals surface area contributed by atoms with Crippen LogP contribution in [0.25, 0.3) is 11.0 Å². The molecule has 0 saturated carbocycles. The summed E-state index contributed by atoms with van der Waals surface area (Å²) in [5.41, 5.74) is 2.59. The summed E-state index contributed by atoms with van der Waals surface area (Å²) in [6.45, 7) is 3.44. The highest BCUT2D eigenvalue weighted by atomic mass is 16.3. The van der Waals surface area contributed by atoms with Crippen LogP contribution in [0.5, 0.6) is 0 Å². The first-order valence-corrected chi connectivity index (χ1v) is 3.93. The van der Waals surface area contributed by atoms with E-state index < -0.39 is 0 Å². The predicted octanol–water partition coefficient (Wildman–Crippen LogP) is 1.57. The molecule has 0 radical (unpaired) electrons. The Hall–Kier alpha value is -1.84. The third-order valence-corrected chi connectivity index (χ3v) is 1.83. The second kappa shape index (κ2) is 2.90. The van der Waals surface area contributed by atoms with Gasteiger partial charge in [0.25, 0.3) is 0 Å². The van der Waals surface area contributed by atoms with E-state index >= 15 is 0 Å². The van der Waals surface area contributed by atoms with Gasteiger partial charge in [0.1, 0.15) is 5.52 Å². The lowest BCUT2D eigenvalue weighted by Gasteiger charge is -1.98. The van der Waals surface area contributed by atoms with Crippen LogP contribution in [0.15, 0.2) is 30.5 Å². The Morgan fingerprint density at radius 3 is 3.15 bits per heavy atom. The lowest BCUT2D eigenvalue weighted by Crippen LogP contribution is -1.89. The number of benzene rings is 1. The number of aliphatic hydroxyl groups is 1. The minimum atomic E-state index is 0.135. The van der Waals surface area contributed by atoms with Crippen molar-refractivity contribution in [3.05, 3.63) is 36.1 Å². The highest BCUT2D eigenvalue weighted by Crippen LogP contribution is 2.15. The number of H-pyrrole nitrogens is 1. The van der Waals surface area contributed by atoms with Gasteiger partial charge < -0.3 is 5.11 Å². The van der Waals surface area contributed by atoms with E-state index in [2.05, 4.69) is 22.0 Å². The maximum Gasteiger partial charge on any atom is 0.116 e. The van der Waals surface area contributed by atoms with Crippen molar-refractivity contribution < 1.29 is 5.11 Å². The SMILES string of the molecule is C=C(O)Cc1cccc2[nH]nnc12. The minimum absolute atomic E-state index is 0.135. The number of nitrogens with zero attached hydrogens (tertiary/aromatic N) is 2. The molecule has 0 saturated heterocycles. The summed E-state index contributed by atoms with van der Waals surface area (Å²) in [4.78, 5) is 0. The molecule has 0 amide bonds. The van der Waals surface area contributed by atoms with E-state index in [-0.39, 0.29) is 5.76 Å². The molecule has 1 heterocycles. The largest absolute Gasteiger partial charge is 0.513 e. The number of fused-ring (bicyclic) bond motifs is 1. The first kappa shape index (κ1) is 7.79. The number of nitrogens with one attached hydrogen (secondary N) is 1. The molecule has 1 aromatic carbocycles. The standard InChI is InChI=1S/C9H9N3O/c1-6(13)5-7-3-2-4-8-9(7)11-12-10-8/h2-4,13H,1,5H2,(H,10,11,12). The summed E-state index contributed by atoms with van der Waals surface area (Å²) in [5, 5.41) is 19.4. The molecule has 2 N–H and O–H groups in total. The van der Waals surface area contributed by atoms with Gasteiger partial charge in [-0.25, -0.2) is 0 Å². The molecule has 4 nitrogen and oxygen atoms in total. The number of hydrogen-bond donors (Lipinski definition) is 2. The van der Waals surface area contributed by atoms with Crippen molar-refractivity contribution in [3.63, 3.8) is 0 Å². The van der Waals surface area contributed by atoms with Crippen LogP contribution >= 0.6 is 0 Å². The zero-order valence-corrected chi connectivity index (χ0v) is 6.99. The number of allylic oxidation sites excluding steroid dienone is 1. The van der Waals surface area contributed by atoms with Gasteiger partial charge in [-0.15, -0.1) is 5.10 Å². The Morgan fingerprint density at radius 1 is 1.54 bits per heavy atom. The van der Waals surface area contributed by atoms with Crippen LogP contribution in [-0.4, -0.2) is 20.5 Å². The molecule has 1 aromatic heterocycles. The fraction of sp³-hybridized carbons (Fsp3) is 0.111. The Labute approximate surface area is 74.9 Å². The zero-order chi connectivity index (χ0) is 9.26. The van der Waals surface area contributed by atoms with Gasteiger partial charge in [-0.1, -0.05) is 23.9 Å². The molecule has 4 heteroatoms. The molecule has 0 aliphatic carbocycles. The number of rotatable bonds is 2. The summed E-state index contributed by atoms with van der Waals surface area (Å²) in [6.07, 6.45) is 0.421. The van der Waals surface area contributed by atoms with Crippen LogP contribution in [0.1, 0.15) is 5.56 Å². The Bertz CT molecular complexity index is 447. The maximum absolute atomic E-state index is 9.05. The van der Waals surface area contributed by atoms with Crippen molar-refractivity contribution in [2.75, 3.05) is 0 Å². The van der Waals surface area contributed by atoms with E-state index in [0.717, 1.165) is 16.6 Å². The van der Waals surface area contributed by atoms with Gasteiger partial charge in [0.2, 0.25) is 0 Å². The van der Waals surface area contributed by atoms with Crippen molar-refractivity contribution in [1.82, 2.24) is 15.4 Å². The molecule has 0 spiro atoms. The molecule has 0 fully saturated rings. The van der Waals surface area contributed by atoms with Gasteiger partial charge in [0.05, 0.1) is 11.3 Å². The average molecular weight is 175 g/mol. The van der Waals surface area contributed by atoms with Gasteiger partial charge in [0.15, 0.2) is 0 Å². The van der Waals surface area contributed by atoms with E-state index in [1.54, 1.807) is 0 Å². The van der Waals surface area contributed by atoms with Crippen LogP contribution in [0.4, 0.5) is 0 Å². The molecule has 2 rings (SSSR count). The third-order valence-electron chi connectivity index (χ3n) is 1.83. The van der Waals surface area contributed by atoms with Gasteiger partial charge in [-0.05, 0) is 11.6 Å². The van der Waals surface area contributed by atoms with Crippen LogP contribution in [-0.2, 0) is 6.42 Å². The summed E-state index contributed by atoms with van der Waals surface area (Å²) >= 11 is 0. The molecule has 66 valence electrons. The lowest BCUT2D eigenvalue weighted by atomic mass is 10.1. The summed E-state index contributed by atoms with van der Waals surface area (Å²) < 4.78 is 0. The second-order valence-electron chi connectivity index (χ2n) is 2.87. The van der Waals surface area contributed by atoms with Gasteiger partial charge in [0, 0.05) is 6.42 Å². The highest BCUT2D eigenvalue weighted by molar-refractivity contribution is 5.77. The van der Waals surface area contributed by atoms with Gasteiger partial charge in [-0.3, -0.25) is 5.10 Å². The zero-order valence-electron chi connectivity index (χ0n) is 6.99. The summed E-state index contributed by atoms with van der Waals surface area (Å²) in [6, 6.07) is 5.67. The van der Waals surface area contributed by atoms with Crippen molar-refractivity contribution in [2.24, 2.45) is 0 Å². The van der Waals surface area contributed by atoms with Gasteiger partial charge >= 0.3 is 0 Å². The third kappa shape index (κ3) is 1.38. The number of aliphatic hydroxyl groups excluding tert-OH is 1. The van der Waals surface area contributed by atoms with Crippen LogP contribution < -0.4 is 0 Å². The minimum Gasteiger partial charge on any atom is -0.513 e. The van der Waals surface area contributed by atoms with Crippen molar-refractivity contribution in [2.45, 2.75) is 6.42 Å². The maximum atomic E-state index is 9.05. The predicted molar refractivity (Wildman–Crippen MR) is 49.4 cm³/mol. The molecule has 13 heavy (non-hydrogen) atoms. The highest BCUT2D eigenvalue weighted by Gasteiger charge is 2.04. The molecule has 2 aromatic rings. The Kier molecular flexibility index (Phi) is 1.73. The number of aromatic amines is 1. The fourth-order valence-electron chi connectivity index (χ4n) is 1.29. The van der Waals surface area contributed by atoms with Crippen molar-refractivity contribution in [1.29, 1.82) is 0 Å². The molecule has 0 aliphatic heterocycles. The molecule has 0 aliphatic rings. The van der Waals surface area contributed by atoms with Crippen molar-refractivity contribution >= 4 is 11.0 Å². The average Bonchev–Trinajstić information content (AvgIpc) is 2.51. The van der Waals surface area contributed by atoms with Crippen LogP contribution in [0.2, 0.25) is 0 Å². The van der Waals surface area contributed by atoms with E-state index in [1.165, 1.54) is 0 Å². The van der Waals surface area contributed by atoms with Crippen molar-refractivity contribution in [3.8, 4) is 0 Å². The van der Waals surface area contributed by atoms with E-state index in [4.69, 9.17) is 5.11 Å². The molecular formula is C9H9N3O. The smallest absolute Gasteiger partial charge is 0.116 e. The van der Waals surface area contributed by atoms with E-state index in [1.807, 2.05) is 18.2 Å². The number of hydrogen-bond acceptors (Lipinski definition) is 3. The first-order chi connectivity index (χ1) is 6.27. The van der Waals surface area contributed by atoms with E-state index in [9.17, 15) is 0 Å². The summed E-state index contributed by atoms with van der Waals surface area (Å²) in [7, 11) is 0. The summed E-state index contributed by atoms with van der Waals surface area (Å²) in [5.74, 6) is 0.135. The van der Waals surface area contributed by atoms with Crippen LogP contribution in [0, 0.1) is 0 Å². The second-order valence-corrected chi connectivity index (χ2v) is 2.87. The van der Waals surface area contributed by atoms with Gasteiger partial charge in [-0.2, -0.15) is 0 Å². The quantitative estimate of drug-likeness (QED) is 0.681. The molecule has 0 atom stereocenters. The Morgan fingerprint density at radius 2 is 2.38 bits per heavy atom.